The number of thiophene rings is 1. The Morgan fingerprint density at radius 3 is 2.67 bits per heavy atom. The molecule has 0 atom stereocenters. The molecule has 1 heterocycles. The van der Waals surface area contributed by atoms with Crippen LogP contribution in [0.4, 0.5) is 5.69 Å². The van der Waals surface area contributed by atoms with Gasteiger partial charge in [0.2, 0.25) is 0 Å². The summed E-state index contributed by atoms with van der Waals surface area (Å²) in [5.41, 5.74) is 2.01. The Morgan fingerprint density at radius 1 is 1.33 bits per heavy atom. The second-order valence-corrected chi connectivity index (χ2v) is 7.78. The third-order valence-corrected chi connectivity index (χ3v) is 5.70. The van der Waals surface area contributed by atoms with Crippen molar-refractivity contribution in [2.24, 2.45) is 0 Å². The number of benzene rings is 1. The van der Waals surface area contributed by atoms with E-state index in [9.17, 15) is 8.42 Å². The van der Waals surface area contributed by atoms with Crippen molar-refractivity contribution in [1.29, 1.82) is 0 Å². The van der Waals surface area contributed by atoms with Gasteiger partial charge in [0, 0.05) is 11.3 Å². The number of nitrogens with one attached hydrogen (secondary N) is 1. The summed E-state index contributed by atoms with van der Waals surface area (Å²) in [6.07, 6.45) is 0. The molecule has 21 heavy (non-hydrogen) atoms. The largest absolute Gasteiger partial charge is 0.384 e. The maximum absolute atomic E-state index is 12.2. The summed E-state index contributed by atoms with van der Waals surface area (Å²) in [5.74, 6) is 5.35. The molecular formula is C14H12ClNO3S2. The van der Waals surface area contributed by atoms with E-state index >= 15 is 0 Å². The molecule has 0 bridgehead atoms. The molecule has 2 aromatic rings. The molecule has 0 unspecified atom stereocenters. The lowest BCUT2D eigenvalue weighted by Gasteiger charge is -2.08. The summed E-state index contributed by atoms with van der Waals surface area (Å²) >= 11 is 6.75. The molecular weight excluding hydrogens is 330 g/mol. The van der Waals surface area contributed by atoms with E-state index in [0.717, 1.165) is 22.5 Å². The topological polar surface area (TPSA) is 66.4 Å². The number of aryl methyl sites for hydroxylation is 1. The van der Waals surface area contributed by atoms with E-state index in [1.54, 1.807) is 24.3 Å². The number of hydrogen-bond donors (Lipinski definition) is 2. The zero-order chi connectivity index (χ0) is 15.5. The number of aliphatic hydroxyl groups excluding tert-OH is 1. The van der Waals surface area contributed by atoms with Gasteiger partial charge < -0.3 is 5.11 Å². The molecule has 0 aliphatic heterocycles. The van der Waals surface area contributed by atoms with Gasteiger partial charge in [-0.2, -0.15) is 0 Å². The number of hydrogen-bond acceptors (Lipinski definition) is 4. The number of sulfonamides is 1. The quantitative estimate of drug-likeness (QED) is 0.844. The summed E-state index contributed by atoms with van der Waals surface area (Å²) in [6, 6.07) is 8.02. The Balaban J connectivity index is 2.26. The molecule has 0 amide bonds. The van der Waals surface area contributed by atoms with Gasteiger partial charge in [-0.25, -0.2) is 8.42 Å². The van der Waals surface area contributed by atoms with Crippen LogP contribution in [0, 0.1) is 18.8 Å². The third kappa shape index (κ3) is 3.99. The highest BCUT2D eigenvalue weighted by molar-refractivity contribution is 7.94. The molecule has 0 aliphatic rings. The minimum atomic E-state index is -3.63. The SMILES string of the molecule is Cc1cc(NS(=O)(=O)c2ccc(Cl)s2)ccc1C#CCO. The van der Waals surface area contributed by atoms with Gasteiger partial charge in [0.1, 0.15) is 10.8 Å². The lowest BCUT2D eigenvalue weighted by Crippen LogP contribution is -2.11. The van der Waals surface area contributed by atoms with Crippen LogP contribution in [0.15, 0.2) is 34.5 Å². The van der Waals surface area contributed by atoms with Crippen LogP contribution in [0.3, 0.4) is 0 Å². The van der Waals surface area contributed by atoms with Crippen LogP contribution in [-0.4, -0.2) is 20.1 Å². The van der Waals surface area contributed by atoms with E-state index in [1.165, 1.54) is 6.07 Å². The average Bonchev–Trinajstić information content (AvgIpc) is 2.85. The lowest BCUT2D eigenvalue weighted by molar-refractivity contribution is 0.350. The Hall–Kier alpha value is -1.52. The number of aliphatic hydroxyl groups is 1. The summed E-state index contributed by atoms with van der Waals surface area (Å²) in [7, 11) is -3.63. The van der Waals surface area contributed by atoms with Crippen molar-refractivity contribution in [2.45, 2.75) is 11.1 Å². The summed E-state index contributed by atoms with van der Waals surface area (Å²) in [6.45, 7) is 1.61. The maximum Gasteiger partial charge on any atom is 0.271 e. The average molecular weight is 342 g/mol. The minimum absolute atomic E-state index is 0.161. The molecule has 1 aromatic heterocycles. The third-order valence-electron chi connectivity index (χ3n) is 2.59. The Bertz CT molecular complexity index is 816. The molecule has 4 nitrogen and oxygen atoms in total. The van der Waals surface area contributed by atoms with Crippen molar-refractivity contribution in [3.63, 3.8) is 0 Å². The lowest BCUT2D eigenvalue weighted by atomic mass is 10.1. The second kappa shape index (κ2) is 6.50. The molecule has 2 N–H and O–H groups in total. The van der Waals surface area contributed by atoms with Crippen LogP contribution < -0.4 is 4.72 Å². The van der Waals surface area contributed by atoms with Gasteiger partial charge in [0.15, 0.2) is 0 Å². The second-order valence-electron chi connectivity index (χ2n) is 4.15. The molecule has 1 aromatic carbocycles. The van der Waals surface area contributed by atoms with Crippen LogP contribution in [0.5, 0.6) is 0 Å². The molecule has 0 radical (unpaired) electrons. The summed E-state index contributed by atoms with van der Waals surface area (Å²) in [4.78, 5) is 0. The van der Waals surface area contributed by atoms with E-state index < -0.39 is 10.0 Å². The monoisotopic (exact) mass is 341 g/mol. The first-order valence-corrected chi connectivity index (χ1v) is 8.58. The first kappa shape index (κ1) is 15.9. The van der Waals surface area contributed by atoms with Crippen molar-refractivity contribution in [1.82, 2.24) is 0 Å². The first-order chi connectivity index (χ1) is 9.92. The highest BCUT2D eigenvalue weighted by Gasteiger charge is 2.16. The number of rotatable bonds is 3. The van der Waals surface area contributed by atoms with Crippen molar-refractivity contribution in [3.05, 3.63) is 45.8 Å². The summed E-state index contributed by atoms with van der Waals surface area (Å²) in [5, 5.41) is 8.68. The Labute approximate surface area is 132 Å². The highest BCUT2D eigenvalue weighted by atomic mass is 35.5. The first-order valence-electron chi connectivity index (χ1n) is 5.91. The van der Waals surface area contributed by atoms with Crippen LogP contribution in [0.25, 0.3) is 0 Å². The van der Waals surface area contributed by atoms with Crippen LogP contribution in [-0.2, 0) is 10.0 Å². The molecule has 110 valence electrons. The van der Waals surface area contributed by atoms with Crippen molar-refractivity contribution >= 4 is 38.6 Å². The van der Waals surface area contributed by atoms with Crippen LogP contribution >= 0.6 is 22.9 Å². The van der Waals surface area contributed by atoms with E-state index in [-0.39, 0.29) is 10.8 Å². The predicted molar refractivity (Wildman–Crippen MR) is 85.3 cm³/mol. The number of halogens is 1. The highest BCUT2D eigenvalue weighted by Crippen LogP contribution is 2.27. The van der Waals surface area contributed by atoms with Gasteiger partial charge in [-0.1, -0.05) is 23.4 Å². The molecule has 0 saturated carbocycles. The van der Waals surface area contributed by atoms with Crippen LogP contribution in [0.1, 0.15) is 11.1 Å². The van der Waals surface area contributed by atoms with Gasteiger partial charge >= 0.3 is 0 Å². The Kier molecular flexibility index (Phi) is 4.91. The number of anilines is 1. The maximum atomic E-state index is 12.2. The van der Waals surface area contributed by atoms with E-state index in [1.807, 2.05) is 6.92 Å². The molecule has 0 saturated heterocycles. The minimum Gasteiger partial charge on any atom is -0.384 e. The van der Waals surface area contributed by atoms with Gasteiger partial charge in [-0.15, -0.1) is 11.3 Å². The molecule has 0 aliphatic carbocycles. The van der Waals surface area contributed by atoms with E-state index in [4.69, 9.17) is 16.7 Å². The van der Waals surface area contributed by atoms with Gasteiger partial charge in [0.05, 0.1) is 4.34 Å². The molecule has 7 heteroatoms. The van der Waals surface area contributed by atoms with Crippen molar-refractivity contribution in [3.8, 4) is 11.8 Å². The van der Waals surface area contributed by atoms with E-state index in [0.29, 0.717) is 10.0 Å². The molecule has 0 spiro atoms. The standard InChI is InChI=1S/C14H12ClNO3S2/c1-10-9-12(5-4-11(10)3-2-8-17)16-21(18,19)14-7-6-13(15)20-14/h4-7,9,16-17H,8H2,1H3. The fourth-order valence-corrected chi connectivity index (χ4v) is 4.18. The Morgan fingerprint density at radius 2 is 2.10 bits per heavy atom. The molecule has 0 fully saturated rings. The zero-order valence-corrected chi connectivity index (χ0v) is 13.4. The smallest absolute Gasteiger partial charge is 0.271 e. The van der Waals surface area contributed by atoms with Gasteiger partial charge in [0.25, 0.3) is 10.0 Å². The fraction of sp³-hybridized carbons (Fsp3) is 0.143. The van der Waals surface area contributed by atoms with Gasteiger partial charge in [-0.05, 0) is 42.8 Å². The summed E-state index contributed by atoms with van der Waals surface area (Å²) < 4.78 is 27.4. The van der Waals surface area contributed by atoms with Gasteiger partial charge in [-0.3, -0.25) is 4.72 Å². The van der Waals surface area contributed by atoms with Crippen molar-refractivity contribution < 1.29 is 13.5 Å². The fourth-order valence-electron chi connectivity index (χ4n) is 1.65. The predicted octanol–water partition coefficient (Wildman–Crippen LogP) is 2.85. The van der Waals surface area contributed by atoms with Crippen LogP contribution in [0.2, 0.25) is 4.34 Å². The van der Waals surface area contributed by atoms with Crippen molar-refractivity contribution in [2.75, 3.05) is 11.3 Å². The zero-order valence-electron chi connectivity index (χ0n) is 11.1. The van der Waals surface area contributed by atoms with E-state index in [2.05, 4.69) is 16.6 Å². The normalized spacial score (nSPS) is 10.8. The molecule has 2 rings (SSSR count).